The number of hydrogen-bond donors (Lipinski definition) is 1. The van der Waals surface area contributed by atoms with Crippen molar-refractivity contribution in [3.63, 3.8) is 0 Å². The average molecular weight is 286 g/mol. The minimum Gasteiger partial charge on any atom is -0.483 e. The number of fused-ring (bicyclic) bond motifs is 1. The predicted molar refractivity (Wildman–Crippen MR) is 66.5 cm³/mol. The van der Waals surface area contributed by atoms with Crippen molar-refractivity contribution in [3.8, 4) is 5.75 Å². The lowest BCUT2D eigenvalue weighted by Crippen LogP contribution is -2.19. The van der Waals surface area contributed by atoms with Gasteiger partial charge in [-0.2, -0.15) is 0 Å². The number of aromatic nitrogens is 1. The van der Waals surface area contributed by atoms with E-state index >= 15 is 0 Å². The van der Waals surface area contributed by atoms with Crippen LogP contribution in [0, 0.1) is 5.82 Å². The molecule has 3 rings (SSSR count). The molecule has 2 heterocycles. The molecule has 2 unspecified atom stereocenters. The minimum atomic E-state index is -0.753. The normalized spacial score (nSPS) is 22.4. The Hall–Kier alpha value is -1.17. The summed E-state index contributed by atoms with van der Waals surface area (Å²) >= 11 is 7.14. The molecule has 1 aromatic carbocycles. The van der Waals surface area contributed by atoms with Crippen molar-refractivity contribution in [1.82, 2.24) is 4.98 Å². The SMILES string of the molecule is OC1CC(c2ncc(Cl)s2)Oc2ccc(F)cc21. The second kappa shape index (κ2) is 4.50. The van der Waals surface area contributed by atoms with Crippen LogP contribution < -0.4 is 4.74 Å². The maximum atomic E-state index is 13.1. The Morgan fingerprint density at radius 2 is 2.33 bits per heavy atom. The maximum Gasteiger partial charge on any atom is 0.153 e. The zero-order valence-corrected chi connectivity index (χ0v) is 10.7. The van der Waals surface area contributed by atoms with Crippen molar-refractivity contribution in [1.29, 1.82) is 0 Å². The van der Waals surface area contributed by atoms with E-state index in [1.165, 1.54) is 29.5 Å². The van der Waals surface area contributed by atoms with Crippen LogP contribution in [0.5, 0.6) is 5.75 Å². The molecule has 1 aliphatic rings. The Balaban J connectivity index is 1.94. The van der Waals surface area contributed by atoms with Crippen LogP contribution >= 0.6 is 22.9 Å². The summed E-state index contributed by atoms with van der Waals surface area (Å²) in [6.45, 7) is 0. The van der Waals surface area contributed by atoms with E-state index in [0.717, 1.165) is 0 Å². The first-order valence-corrected chi connectivity index (χ1v) is 6.58. The van der Waals surface area contributed by atoms with Gasteiger partial charge in [-0.15, -0.1) is 11.3 Å². The first kappa shape index (κ1) is 11.9. The number of aliphatic hydroxyl groups is 1. The summed E-state index contributed by atoms with van der Waals surface area (Å²) in [6.07, 6.45) is 0.810. The topological polar surface area (TPSA) is 42.4 Å². The number of nitrogens with zero attached hydrogens (tertiary/aromatic N) is 1. The average Bonchev–Trinajstić information content (AvgIpc) is 2.77. The lowest BCUT2D eigenvalue weighted by Gasteiger charge is -2.28. The van der Waals surface area contributed by atoms with Crippen molar-refractivity contribution in [3.05, 3.63) is 45.1 Å². The molecule has 2 aromatic rings. The molecule has 0 spiro atoms. The van der Waals surface area contributed by atoms with Gasteiger partial charge >= 0.3 is 0 Å². The second-order valence-corrected chi connectivity index (χ2v) is 5.74. The second-order valence-electron chi connectivity index (χ2n) is 4.04. The molecule has 0 aliphatic carbocycles. The molecule has 0 saturated heterocycles. The lowest BCUT2D eigenvalue weighted by atomic mass is 9.99. The molecular weight excluding hydrogens is 277 g/mol. The van der Waals surface area contributed by atoms with E-state index in [-0.39, 0.29) is 11.9 Å². The Labute approximate surface area is 112 Å². The molecule has 1 aromatic heterocycles. The van der Waals surface area contributed by atoms with Gasteiger partial charge in [0.1, 0.15) is 20.9 Å². The summed E-state index contributed by atoms with van der Waals surface area (Å²) in [7, 11) is 0. The van der Waals surface area contributed by atoms with Gasteiger partial charge in [0.2, 0.25) is 0 Å². The fourth-order valence-corrected chi connectivity index (χ4v) is 2.96. The number of ether oxygens (including phenoxy) is 1. The molecule has 3 nitrogen and oxygen atoms in total. The monoisotopic (exact) mass is 285 g/mol. The van der Waals surface area contributed by atoms with E-state index in [1.807, 2.05) is 0 Å². The number of aliphatic hydroxyl groups excluding tert-OH is 1. The van der Waals surface area contributed by atoms with Crippen LogP contribution in [0.15, 0.2) is 24.4 Å². The summed E-state index contributed by atoms with van der Waals surface area (Å²) in [5.41, 5.74) is 0.480. The van der Waals surface area contributed by atoms with Crippen LogP contribution in [-0.4, -0.2) is 10.1 Å². The summed E-state index contributed by atoms with van der Waals surface area (Å²) in [4.78, 5) is 4.14. The summed E-state index contributed by atoms with van der Waals surface area (Å²) < 4.78 is 19.4. The maximum absolute atomic E-state index is 13.1. The summed E-state index contributed by atoms with van der Waals surface area (Å²) in [5, 5.41) is 10.7. The lowest BCUT2D eigenvalue weighted by molar-refractivity contribution is 0.0652. The van der Waals surface area contributed by atoms with E-state index in [1.54, 1.807) is 6.20 Å². The van der Waals surface area contributed by atoms with E-state index in [2.05, 4.69) is 4.98 Å². The van der Waals surface area contributed by atoms with E-state index in [4.69, 9.17) is 16.3 Å². The predicted octanol–water partition coefficient (Wildman–Crippen LogP) is 3.49. The third kappa shape index (κ3) is 2.09. The zero-order valence-electron chi connectivity index (χ0n) is 9.14. The number of hydrogen-bond acceptors (Lipinski definition) is 4. The highest BCUT2D eigenvalue weighted by molar-refractivity contribution is 7.15. The molecule has 2 atom stereocenters. The molecule has 94 valence electrons. The van der Waals surface area contributed by atoms with Crippen LogP contribution in [0.3, 0.4) is 0 Å². The highest BCUT2D eigenvalue weighted by Gasteiger charge is 2.30. The van der Waals surface area contributed by atoms with Crippen LogP contribution in [0.4, 0.5) is 4.39 Å². The van der Waals surface area contributed by atoms with Crippen LogP contribution in [0.2, 0.25) is 4.34 Å². The van der Waals surface area contributed by atoms with Crippen molar-refractivity contribution >= 4 is 22.9 Å². The molecule has 0 bridgehead atoms. The molecule has 18 heavy (non-hydrogen) atoms. The number of benzene rings is 1. The molecule has 1 aliphatic heterocycles. The largest absolute Gasteiger partial charge is 0.483 e. The van der Waals surface area contributed by atoms with Crippen LogP contribution in [0.1, 0.15) is 29.2 Å². The summed E-state index contributed by atoms with van der Waals surface area (Å²) in [6, 6.07) is 4.13. The highest BCUT2D eigenvalue weighted by Crippen LogP contribution is 2.42. The van der Waals surface area contributed by atoms with Crippen LogP contribution in [0.25, 0.3) is 0 Å². The van der Waals surface area contributed by atoms with Gasteiger partial charge in [0, 0.05) is 12.0 Å². The van der Waals surface area contributed by atoms with Gasteiger partial charge in [0.25, 0.3) is 0 Å². The van der Waals surface area contributed by atoms with Crippen molar-refractivity contribution < 1.29 is 14.2 Å². The number of thiazole rings is 1. The molecule has 0 radical (unpaired) electrons. The Kier molecular flexibility index (Phi) is 2.97. The van der Waals surface area contributed by atoms with E-state index < -0.39 is 6.10 Å². The molecule has 1 N–H and O–H groups in total. The third-order valence-corrected chi connectivity index (χ3v) is 4.02. The van der Waals surface area contributed by atoms with Gasteiger partial charge in [0.05, 0.1) is 12.3 Å². The fourth-order valence-electron chi connectivity index (χ4n) is 1.99. The van der Waals surface area contributed by atoms with Gasteiger partial charge in [-0.3, -0.25) is 0 Å². The highest BCUT2D eigenvalue weighted by atomic mass is 35.5. The Bertz CT molecular complexity index is 589. The third-order valence-electron chi connectivity index (χ3n) is 2.81. The smallest absolute Gasteiger partial charge is 0.153 e. The van der Waals surface area contributed by atoms with E-state index in [9.17, 15) is 9.50 Å². The van der Waals surface area contributed by atoms with Crippen LogP contribution in [-0.2, 0) is 0 Å². The molecule has 0 amide bonds. The molecule has 0 fully saturated rings. The number of rotatable bonds is 1. The summed E-state index contributed by atoms with van der Waals surface area (Å²) in [5.74, 6) is 0.110. The van der Waals surface area contributed by atoms with Crippen molar-refractivity contribution in [2.75, 3.05) is 0 Å². The van der Waals surface area contributed by atoms with Gasteiger partial charge < -0.3 is 9.84 Å². The Morgan fingerprint density at radius 1 is 1.50 bits per heavy atom. The van der Waals surface area contributed by atoms with E-state index in [0.29, 0.717) is 27.1 Å². The fraction of sp³-hybridized carbons (Fsp3) is 0.250. The quantitative estimate of drug-likeness (QED) is 0.872. The van der Waals surface area contributed by atoms with Crippen molar-refractivity contribution in [2.45, 2.75) is 18.6 Å². The first-order valence-electron chi connectivity index (χ1n) is 5.39. The number of halogens is 2. The standard InChI is InChI=1S/C12H9ClFNO2S/c13-11-5-15-12(18-11)10-4-8(16)7-3-6(14)1-2-9(7)17-10/h1-3,5,8,10,16H,4H2. The molecule has 0 saturated carbocycles. The molecule has 6 heteroatoms. The molecular formula is C12H9ClFNO2S. The van der Waals surface area contributed by atoms with Gasteiger partial charge in [-0.25, -0.2) is 9.37 Å². The van der Waals surface area contributed by atoms with Gasteiger partial charge in [0.15, 0.2) is 6.10 Å². The minimum absolute atomic E-state index is 0.338. The van der Waals surface area contributed by atoms with Gasteiger partial charge in [-0.1, -0.05) is 11.6 Å². The van der Waals surface area contributed by atoms with Crippen molar-refractivity contribution in [2.24, 2.45) is 0 Å². The first-order chi connectivity index (χ1) is 8.63. The zero-order chi connectivity index (χ0) is 12.7. The van der Waals surface area contributed by atoms with Gasteiger partial charge in [-0.05, 0) is 18.2 Å². The Morgan fingerprint density at radius 3 is 3.06 bits per heavy atom.